The van der Waals surface area contributed by atoms with Gasteiger partial charge in [-0.1, -0.05) is 6.42 Å². The molecule has 4 rings (SSSR count). The van der Waals surface area contributed by atoms with Gasteiger partial charge in [0.05, 0.1) is 11.0 Å². The number of hydrogen-bond acceptors (Lipinski definition) is 2. The zero-order chi connectivity index (χ0) is 9.55. The second-order valence-corrected chi connectivity index (χ2v) is 5.79. The normalized spacial score (nSPS) is 56.9. The van der Waals surface area contributed by atoms with Gasteiger partial charge in [0.2, 0.25) is 0 Å². The first-order valence-electron chi connectivity index (χ1n) is 5.91. The largest absolute Gasteiger partial charge is 0.363 e. The minimum absolute atomic E-state index is 0.00463. The summed E-state index contributed by atoms with van der Waals surface area (Å²) in [6.45, 7) is 2.22. The molecule has 2 heteroatoms. The first kappa shape index (κ1) is 7.86. The highest BCUT2D eigenvalue weighted by Crippen LogP contribution is 2.72. The molecule has 0 aromatic heterocycles. The average molecular weight is 192 g/mol. The Balaban J connectivity index is 1.88. The molecule has 2 saturated carbocycles. The molecule has 2 aliphatic carbocycles. The predicted octanol–water partition coefficient (Wildman–Crippen LogP) is 1.92. The molecule has 76 valence electrons. The lowest BCUT2D eigenvalue weighted by Crippen LogP contribution is -2.46. The quantitative estimate of drug-likeness (QED) is 0.586. The molecule has 0 aromatic carbocycles. The highest BCUT2D eigenvalue weighted by atomic mass is 16.5. The number of carbonyl (C=O) groups is 1. The molecule has 4 aliphatic rings. The molecule has 1 spiro atoms. The summed E-state index contributed by atoms with van der Waals surface area (Å²) in [7, 11) is 0. The zero-order valence-electron chi connectivity index (χ0n) is 8.58. The smallest absolute Gasteiger partial charge is 0.170 e. The predicted molar refractivity (Wildman–Crippen MR) is 50.8 cm³/mol. The van der Waals surface area contributed by atoms with E-state index < -0.39 is 0 Å². The van der Waals surface area contributed by atoms with Crippen LogP contribution in [0.25, 0.3) is 0 Å². The van der Waals surface area contributed by atoms with Crippen molar-refractivity contribution in [3.05, 3.63) is 0 Å². The number of hydrogen-bond donors (Lipinski definition) is 0. The van der Waals surface area contributed by atoms with Crippen molar-refractivity contribution in [1.29, 1.82) is 0 Å². The molecule has 0 unspecified atom stereocenters. The maximum atomic E-state index is 12.2. The van der Waals surface area contributed by atoms with Crippen molar-refractivity contribution in [3.63, 3.8) is 0 Å². The molecular weight excluding hydrogens is 176 g/mol. The molecule has 14 heavy (non-hydrogen) atoms. The molecule has 2 aliphatic heterocycles. The maximum absolute atomic E-state index is 12.2. The number of fused-ring (bicyclic) bond motifs is 6. The van der Waals surface area contributed by atoms with Gasteiger partial charge in [0.1, 0.15) is 6.10 Å². The number of ether oxygens (including phenoxy) is 1. The lowest BCUT2D eigenvalue weighted by atomic mass is 9.65. The minimum atomic E-state index is -0.0596. The van der Waals surface area contributed by atoms with Crippen LogP contribution < -0.4 is 0 Å². The molecule has 4 fully saturated rings. The number of Topliss-reactive ketones (excluding diaryl/α,β-unsaturated/α-hetero) is 1. The summed E-state index contributed by atoms with van der Waals surface area (Å²) in [6, 6.07) is 0. The van der Waals surface area contributed by atoms with Crippen LogP contribution in [0.5, 0.6) is 0 Å². The Morgan fingerprint density at radius 1 is 1.36 bits per heavy atom. The zero-order valence-corrected chi connectivity index (χ0v) is 8.58. The fourth-order valence-electron chi connectivity index (χ4n) is 4.57. The monoisotopic (exact) mass is 192 g/mol. The van der Waals surface area contributed by atoms with Crippen LogP contribution in [0.2, 0.25) is 0 Å². The standard InChI is InChI=1S/C12H16O2/c1-11-8-4-2-3-7(8)9(14-11)10(13)12(11)5-6-12/h7-9H,2-6H2,1H3/t7-,8+,9-,11+/m1/s1. The van der Waals surface area contributed by atoms with Gasteiger partial charge in [-0.25, -0.2) is 0 Å². The van der Waals surface area contributed by atoms with Crippen LogP contribution in [0.1, 0.15) is 39.0 Å². The maximum Gasteiger partial charge on any atom is 0.170 e. The van der Waals surface area contributed by atoms with Crippen LogP contribution in [-0.2, 0) is 9.53 Å². The van der Waals surface area contributed by atoms with Crippen LogP contribution in [0.3, 0.4) is 0 Å². The van der Waals surface area contributed by atoms with Crippen molar-refractivity contribution in [2.75, 3.05) is 0 Å². The van der Waals surface area contributed by atoms with Crippen LogP contribution in [0.15, 0.2) is 0 Å². The van der Waals surface area contributed by atoms with E-state index in [9.17, 15) is 4.79 Å². The van der Waals surface area contributed by atoms with Gasteiger partial charge in [-0.05, 0) is 44.4 Å². The Kier molecular flexibility index (Phi) is 1.09. The van der Waals surface area contributed by atoms with Gasteiger partial charge in [0.25, 0.3) is 0 Å². The van der Waals surface area contributed by atoms with Crippen LogP contribution in [0, 0.1) is 17.3 Å². The van der Waals surface area contributed by atoms with Crippen molar-refractivity contribution < 1.29 is 9.53 Å². The second kappa shape index (κ2) is 1.95. The third kappa shape index (κ3) is 0.556. The van der Waals surface area contributed by atoms with Crippen LogP contribution in [-0.4, -0.2) is 17.5 Å². The Morgan fingerprint density at radius 3 is 2.86 bits per heavy atom. The molecule has 2 nitrogen and oxygen atoms in total. The summed E-state index contributed by atoms with van der Waals surface area (Å²) >= 11 is 0. The Labute approximate surface area is 84.0 Å². The number of ketones is 1. The van der Waals surface area contributed by atoms with E-state index in [0.717, 1.165) is 12.8 Å². The third-order valence-electron chi connectivity index (χ3n) is 5.47. The van der Waals surface area contributed by atoms with Gasteiger partial charge in [-0.15, -0.1) is 0 Å². The number of rotatable bonds is 0. The van der Waals surface area contributed by atoms with E-state index in [-0.39, 0.29) is 17.1 Å². The van der Waals surface area contributed by atoms with Crippen LogP contribution in [0.4, 0.5) is 0 Å². The van der Waals surface area contributed by atoms with Crippen molar-refractivity contribution >= 4 is 5.78 Å². The average Bonchev–Trinajstić information content (AvgIpc) is 2.65. The molecule has 0 radical (unpaired) electrons. The first-order chi connectivity index (χ1) is 6.69. The minimum Gasteiger partial charge on any atom is -0.363 e. The van der Waals surface area contributed by atoms with Gasteiger partial charge >= 0.3 is 0 Å². The molecular formula is C12H16O2. The molecule has 2 heterocycles. The van der Waals surface area contributed by atoms with Gasteiger partial charge in [-0.2, -0.15) is 0 Å². The van der Waals surface area contributed by atoms with E-state index in [2.05, 4.69) is 6.92 Å². The highest BCUT2D eigenvalue weighted by molar-refractivity contribution is 5.96. The molecule has 0 amide bonds. The van der Waals surface area contributed by atoms with Crippen LogP contribution >= 0.6 is 0 Å². The van der Waals surface area contributed by atoms with Gasteiger partial charge in [0, 0.05) is 0 Å². The lowest BCUT2D eigenvalue weighted by Gasteiger charge is -2.35. The van der Waals surface area contributed by atoms with Crippen molar-refractivity contribution in [1.82, 2.24) is 0 Å². The van der Waals surface area contributed by atoms with Crippen molar-refractivity contribution in [2.24, 2.45) is 17.3 Å². The Morgan fingerprint density at radius 2 is 2.14 bits per heavy atom. The summed E-state index contributed by atoms with van der Waals surface area (Å²) < 4.78 is 6.07. The van der Waals surface area contributed by atoms with Gasteiger partial charge < -0.3 is 4.74 Å². The summed E-state index contributed by atoms with van der Waals surface area (Å²) in [6.07, 6.45) is 6.03. The van der Waals surface area contributed by atoms with Gasteiger partial charge in [0.15, 0.2) is 5.78 Å². The lowest BCUT2D eigenvalue weighted by molar-refractivity contribution is -0.128. The molecule has 2 saturated heterocycles. The Hall–Kier alpha value is -0.370. The van der Waals surface area contributed by atoms with Crippen molar-refractivity contribution in [2.45, 2.75) is 50.7 Å². The molecule has 0 aromatic rings. The van der Waals surface area contributed by atoms with E-state index in [1.807, 2.05) is 0 Å². The highest BCUT2D eigenvalue weighted by Gasteiger charge is 2.78. The van der Waals surface area contributed by atoms with E-state index in [1.165, 1.54) is 19.3 Å². The third-order valence-corrected chi connectivity index (χ3v) is 5.47. The van der Waals surface area contributed by atoms with Gasteiger partial charge in [-0.3, -0.25) is 4.79 Å². The van der Waals surface area contributed by atoms with E-state index >= 15 is 0 Å². The molecule has 2 bridgehead atoms. The molecule has 0 N–H and O–H groups in total. The second-order valence-electron chi connectivity index (χ2n) is 5.79. The van der Waals surface area contributed by atoms with Crippen molar-refractivity contribution in [3.8, 4) is 0 Å². The summed E-state index contributed by atoms with van der Waals surface area (Å²) in [5, 5.41) is 0. The fraction of sp³-hybridized carbons (Fsp3) is 0.917. The first-order valence-corrected chi connectivity index (χ1v) is 5.91. The molecule has 4 atom stereocenters. The number of carbonyl (C=O) groups excluding carboxylic acids is 1. The van der Waals surface area contributed by atoms with E-state index in [4.69, 9.17) is 4.74 Å². The summed E-state index contributed by atoms with van der Waals surface area (Å²) in [5.74, 6) is 1.74. The Bertz CT molecular complexity index is 331. The summed E-state index contributed by atoms with van der Waals surface area (Å²) in [5.41, 5.74) is -0.0703. The van der Waals surface area contributed by atoms with E-state index in [0.29, 0.717) is 17.6 Å². The topological polar surface area (TPSA) is 26.3 Å². The summed E-state index contributed by atoms with van der Waals surface area (Å²) in [4.78, 5) is 12.2. The SMILES string of the molecule is C[C@@]12O[C@@H](C(=O)C13CC3)[C@@H]1CCC[C@@H]12. The fourth-order valence-corrected chi connectivity index (χ4v) is 4.57. The van der Waals surface area contributed by atoms with E-state index in [1.54, 1.807) is 0 Å².